The molecule has 2 unspecified atom stereocenters. The Bertz CT molecular complexity index is 1110. The van der Waals surface area contributed by atoms with Crippen molar-refractivity contribution >= 4 is 26.8 Å². The highest BCUT2D eigenvalue weighted by Crippen LogP contribution is 2.34. The average Bonchev–Trinajstić information content (AvgIpc) is 3.26. The summed E-state index contributed by atoms with van der Waals surface area (Å²) in [6.45, 7) is 6.81. The molecule has 0 aromatic heterocycles. The highest BCUT2D eigenvalue weighted by atomic mass is 31.0. The Morgan fingerprint density at radius 2 is 0.635 bits per heavy atom. The molecule has 0 aliphatic heterocycles. The van der Waals surface area contributed by atoms with Gasteiger partial charge in [-0.15, -0.1) is 0 Å². The molecule has 0 fully saturated rings. The van der Waals surface area contributed by atoms with Crippen molar-refractivity contribution < 1.29 is 23.4 Å². The number of carbonyl (C=O) groups excluding carboxylic acids is 3. The summed E-state index contributed by atoms with van der Waals surface area (Å²) in [5, 5.41) is 0. The first-order valence-electron chi connectivity index (χ1n) is 27.7. The van der Waals surface area contributed by atoms with E-state index in [1.165, 1.54) is 167 Å². The predicted molar refractivity (Wildman–Crippen MR) is 278 cm³/mol. The Morgan fingerprint density at radius 3 is 0.889 bits per heavy atom. The van der Waals surface area contributed by atoms with Crippen LogP contribution in [0.5, 0.6) is 0 Å². The zero-order valence-electron chi connectivity index (χ0n) is 43.2. The van der Waals surface area contributed by atoms with Gasteiger partial charge in [0.15, 0.2) is 23.4 Å². The molecule has 0 saturated carbocycles. The van der Waals surface area contributed by atoms with Crippen molar-refractivity contribution in [3.63, 3.8) is 0 Å². The second-order valence-electron chi connectivity index (χ2n) is 20.3. The van der Waals surface area contributed by atoms with Gasteiger partial charge in [-0.25, -0.2) is 0 Å². The summed E-state index contributed by atoms with van der Waals surface area (Å²) in [7, 11) is 9.12. The fourth-order valence-electron chi connectivity index (χ4n) is 9.37. The summed E-state index contributed by atoms with van der Waals surface area (Å²) < 4.78 is 6.17. The van der Waals surface area contributed by atoms with Crippen molar-refractivity contribution in [2.75, 3.05) is 21.1 Å². The molecule has 0 N–H and O–H groups in total. The molecule has 0 aromatic rings. The summed E-state index contributed by atoms with van der Waals surface area (Å²) >= 11 is 0. The van der Waals surface area contributed by atoms with E-state index in [2.05, 4.69) is 54.5 Å². The third-order valence-corrected chi connectivity index (χ3v) is 13.6. The number of ketones is 3. The van der Waals surface area contributed by atoms with E-state index in [1.54, 1.807) is 0 Å². The lowest BCUT2D eigenvalue weighted by Crippen LogP contribution is -2.69. The van der Waals surface area contributed by atoms with Crippen LogP contribution in [0.15, 0.2) is 24.3 Å². The van der Waals surface area contributed by atoms with Crippen LogP contribution in [0, 0.1) is 0 Å². The summed E-state index contributed by atoms with van der Waals surface area (Å²) in [5.74, 6) is -0.491. The predicted octanol–water partition coefficient (Wildman–Crippen LogP) is 18.1. The van der Waals surface area contributed by atoms with Gasteiger partial charge in [0.1, 0.15) is 0 Å². The van der Waals surface area contributed by atoms with E-state index in [1.807, 2.05) is 21.1 Å². The summed E-state index contributed by atoms with van der Waals surface area (Å²) in [6.07, 6.45) is 57.2. The van der Waals surface area contributed by atoms with Crippen molar-refractivity contribution in [3.05, 3.63) is 24.3 Å². The lowest BCUT2D eigenvalue weighted by atomic mass is 9.77. The molecular formula is C57H108NO4P. The quantitative estimate of drug-likeness (QED) is 0.0201. The molecule has 0 amide bonds. The van der Waals surface area contributed by atoms with E-state index in [9.17, 15) is 14.4 Å². The van der Waals surface area contributed by atoms with E-state index in [0.717, 1.165) is 77.0 Å². The van der Waals surface area contributed by atoms with Crippen LogP contribution in [0.25, 0.3) is 0 Å². The van der Waals surface area contributed by atoms with Gasteiger partial charge in [-0.1, -0.05) is 225 Å². The van der Waals surface area contributed by atoms with Gasteiger partial charge in [0.2, 0.25) is 5.60 Å². The van der Waals surface area contributed by atoms with Crippen LogP contribution in [-0.2, 0) is 18.9 Å². The third-order valence-electron chi connectivity index (χ3n) is 13.3. The lowest BCUT2D eigenvalue weighted by molar-refractivity contribution is -0.890. The number of allylic oxidation sites excluding steroid dienone is 4. The number of nitrogens with zero attached hydrogens (tertiary/aromatic N) is 1. The van der Waals surface area contributed by atoms with Crippen molar-refractivity contribution in [3.8, 4) is 0 Å². The Morgan fingerprint density at radius 1 is 0.397 bits per heavy atom. The molecular weight excluding hydrogens is 794 g/mol. The van der Waals surface area contributed by atoms with Gasteiger partial charge in [-0.2, -0.15) is 0 Å². The largest absolute Gasteiger partial charge is 0.540 e. The van der Waals surface area contributed by atoms with E-state index < -0.39 is 11.6 Å². The minimum atomic E-state index is -1.81. The first-order chi connectivity index (χ1) is 30.6. The highest BCUT2D eigenvalue weighted by molar-refractivity contribution is 7.10. The van der Waals surface area contributed by atoms with Crippen LogP contribution in [0.2, 0.25) is 0 Å². The van der Waals surface area contributed by atoms with E-state index >= 15 is 0 Å². The van der Waals surface area contributed by atoms with Crippen LogP contribution in [-0.4, -0.2) is 54.6 Å². The molecule has 0 spiro atoms. The lowest BCUT2D eigenvalue weighted by Gasteiger charge is -2.46. The van der Waals surface area contributed by atoms with E-state index in [4.69, 9.17) is 4.52 Å². The van der Waals surface area contributed by atoms with Crippen LogP contribution in [0.1, 0.15) is 290 Å². The number of hydrogen-bond donors (Lipinski definition) is 0. The molecule has 0 aliphatic rings. The number of hydrogen-bond acceptors (Lipinski definition) is 4. The van der Waals surface area contributed by atoms with Gasteiger partial charge in [-0.05, 0) is 70.6 Å². The number of likely N-dealkylation sites (N-methyl/N-ethyl adjacent to an activating group) is 1. The van der Waals surface area contributed by atoms with Crippen molar-refractivity contribution in [1.82, 2.24) is 0 Å². The fourth-order valence-corrected chi connectivity index (χ4v) is 9.71. The Hall–Kier alpha value is -1.16. The molecule has 5 nitrogen and oxygen atoms in total. The second kappa shape index (κ2) is 44.7. The highest BCUT2D eigenvalue weighted by Gasteiger charge is 2.58. The number of unbranched alkanes of at least 4 members (excludes halogenated alkanes) is 34. The second-order valence-corrected chi connectivity index (χ2v) is 20.5. The molecule has 0 rings (SSSR count). The zero-order chi connectivity index (χ0) is 46.5. The van der Waals surface area contributed by atoms with Crippen molar-refractivity contribution in [2.24, 2.45) is 0 Å². The topological polar surface area (TPSA) is 60.4 Å². The molecule has 0 aliphatic carbocycles. The van der Waals surface area contributed by atoms with E-state index in [0.29, 0.717) is 12.8 Å². The number of Topliss-reactive ketones (excluding diaryl/α,β-unsaturated/α-hetero) is 3. The normalized spacial score (nSPS) is 13.6. The molecule has 0 heterocycles. The summed E-state index contributed by atoms with van der Waals surface area (Å²) in [5.41, 5.74) is -1.81. The van der Waals surface area contributed by atoms with Crippen LogP contribution >= 0.6 is 9.47 Å². The molecule has 0 bridgehead atoms. The summed E-state index contributed by atoms with van der Waals surface area (Å²) in [4.78, 5) is 43.2. The van der Waals surface area contributed by atoms with Gasteiger partial charge in [-0.3, -0.25) is 14.4 Å². The maximum Gasteiger partial charge on any atom is 0.215 e. The van der Waals surface area contributed by atoms with Crippen LogP contribution < -0.4 is 0 Å². The van der Waals surface area contributed by atoms with Gasteiger partial charge < -0.3 is 18.5 Å². The average molecular weight is 902 g/mol. The Kier molecular flexibility index (Phi) is 43.8. The molecule has 63 heavy (non-hydrogen) atoms. The maximum atomic E-state index is 14.5. The molecule has 0 aromatic carbocycles. The SMILES string of the molecule is CCCCCCCCC=CCCCCCCCC(=O)C(C(O[PH-])(C(=O)CCCCCCCC=CCCCCCCCC)C(=O)CCCCCCCCCCCCCCC)[N+](C)(C)C. The Balaban J connectivity index is 5.20. The van der Waals surface area contributed by atoms with Crippen LogP contribution in [0.4, 0.5) is 0 Å². The van der Waals surface area contributed by atoms with Gasteiger partial charge in [0.05, 0.1) is 21.1 Å². The Labute approximate surface area is 396 Å². The standard InChI is InChI=1S/C57H108NO4P/c1-7-10-13-16-19-22-25-28-30-33-35-38-41-44-47-50-53(59)56(58(4,5)6)57(62-63,54(60)51-48-45-42-39-36-32-27-24-21-18-15-12-9-3)55(61)52-49-46-43-40-37-34-31-29-26-23-20-17-14-11-8-2/h28-31,56,63H,7-27,32-52H2,1-6H3. The molecule has 0 saturated heterocycles. The maximum absolute atomic E-state index is 14.5. The number of carbonyl (C=O) groups is 3. The molecule has 0 radical (unpaired) electrons. The van der Waals surface area contributed by atoms with Gasteiger partial charge in [0.25, 0.3) is 0 Å². The fraction of sp³-hybridized carbons (Fsp3) is 0.877. The minimum Gasteiger partial charge on any atom is -0.540 e. The molecule has 370 valence electrons. The first kappa shape index (κ1) is 61.8. The van der Waals surface area contributed by atoms with Crippen molar-refractivity contribution in [1.29, 1.82) is 0 Å². The monoisotopic (exact) mass is 902 g/mol. The van der Waals surface area contributed by atoms with Crippen LogP contribution in [0.3, 0.4) is 0 Å². The molecule has 6 heteroatoms. The first-order valence-corrected chi connectivity index (χ1v) is 28.1. The van der Waals surface area contributed by atoms with Gasteiger partial charge >= 0.3 is 0 Å². The zero-order valence-corrected chi connectivity index (χ0v) is 44.2. The van der Waals surface area contributed by atoms with Gasteiger partial charge in [0, 0.05) is 19.3 Å². The number of quaternary nitrogens is 1. The minimum absolute atomic E-state index is 0.0324. The third kappa shape index (κ3) is 33.9. The molecule has 2 atom stereocenters. The number of rotatable bonds is 50. The summed E-state index contributed by atoms with van der Waals surface area (Å²) in [6, 6.07) is -0.892. The van der Waals surface area contributed by atoms with E-state index in [-0.39, 0.29) is 34.7 Å². The smallest absolute Gasteiger partial charge is 0.215 e. The van der Waals surface area contributed by atoms with Crippen molar-refractivity contribution in [2.45, 2.75) is 302 Å².